The van der Waals surface area contributed by atoms with Crippen LogP contribution in [0.1, 0.15) is 35.1 Å². The van der Waals surface area contributed by atoms with Crippen molar-refractivity contribution in [3.63, 3.8) is 0 Å². The van der Waals surface area contributed by atoms with Crippen molar-refractivity contribution < 1.29 is 28.5 Å². The number of hydrogen-bond acceptors (Lipinski definition) is 12. The molecule has 4 unspecified atom stereocenters. The molecule has 2 heterocycles. The van der Waals surface area contributed by atoms with Gasteiger partial charge in [-0.25, -0.2) is 9.59 Å². The Labute approximate surface area is 365 Å². The molecule has 54 heavy (non-hydrogen) atoms. The smallest absolute Gasteiger partial charge is 0.330 e. The molecule has 0 amide bonds. The molecule has 0 aliphatic carbocycles. The van der Waals surface area contributed by atoms with Gasteiger partial charge in [-0.05, 0) is 113 Å². The van der Waals surface area contributed by atoms with Crippen LogP contribution < -0.4 is 9.47 Å². The summed E-state index contributed by atoms with van der Waals surface area (Å²) >= 11 is 19.6. The van der Waals surface area contributed by atoms with Gasteiger partial charge in [-0.3, -0.25) is 0 Å². The van der Waals surface area contributed by atoms with Gasteiger partial charge in [0.2, 0.25) is 0 Å². The third kappa shape index (κ3) is 14.4. The molecule has 4 atom stereocenters. The van der Waals surface area contributed by atoms with Crippen LogP contribution >= 0.6 is 102 Å². The Morgan fingerprint density at radius 3 is 1.61 bits per heavy atom. The molecular formula is C40H52Br2O6S6. The Morgan fingerprint density at radius 1 is 0.759 bits per heavy atom. The Bertz CT molecular complexity index is 1530. The summed E-state index contributed by atoms with van der Waals surface area (Å²) in [5.41, 5.74) is 5.93. The quantitative estimate of drug-likeness (QED) is 0.0680. The summed E-state index contributed by atoms with van der Waals surface area (Å²) in [6, 6.07) is 4.25. The van der Waals surface area contributed by atoms with Crippen molar-refractivity contribution in [3.8, 4) is 22.6 Å². The lowest BCUT2D eigenvalue weighted by atomic mass is 9.96. The fraction of sp³-hybridized carbons (Fsp3) is 0.550. The molecule has 14 heteroatoms. The molecule has 2 saturated heterocycles. The lowest BCUT2D eigenvalue weighted by molar-refractivity contribution is -0.144. The Morgan fingerprint density at radius 2 is 1.20 bits per heavy atom. The second-order valence-electron chi connectivity index (χ2n) is 13.0. The SMILES string of the molecule is C=CC(=O)OC(COc1c(C)cc(-c2c(Br)c(C)c(OCC(CSCCC3CSCCS3)OC(=O)C=C)c(C)c2Br)cc1C)CSCCC1CSCCS1. The molecule has 2 aromatic carbocycles. The number of halogens is 2. The summed E-state index contributed by atoms with van der Waals surface area (Å²) in [5, 5.41) is 1.41. The van der Waals surface area contributed by atoms with Crippen molar-refractivity contribution in [1.29, 1.82) is 0 Å². The number of hydrogen-bond donors (Lipinski definition) is 0. The maximum Gasteiger partial charge on any atom is 0.330 e. The van der Waals surface area contributed by atoms with E-state index in [0.29, 0.717) is 22.0 Å². The van der Waals surface area contributed by atoms with Gasteiger partial charge in [-0.15, -0.1) is 0 Å². The highest BCUT2D eigenvalue weighted by molar-refractivity contribution is 9.11. The van der Waals surface area contributed by atoms with E-state index in [2.05, 4.69) is 80.7 Å². The van der Waals surface area contributed by atoms with E-state index in [1.165, 1.54) is 46.7 Å². The maximum atomic E-state index is 12.2. The van der Waals surface area contributed by atoms with Crippen LogP contribution in [0.3, 0.4) is 0 Å². The highest BCUT2D eigenvalue weighted by atomic mass is 79.9. The van der Waals surface area contributed by atoms with Gasteiger partial charge in [-0.1, -0.05) is 13.2 Å². The zero-order valence-corrected chi connectivity index (χ0v) is 39.7. The van der Waals surface area contributed by atoms with Crippen LogP contribution in [-0.2, 0) is 19.1 Å². The zero-order valence-electron chi connectivity index (χ0n) is 31.6. The van der Waals surface area contributed by atoms with E-state index < -0.39 is 18.0 Å². The van der Waals surface area contributed by atoms with Crippen molar-refractivity contribution in [2.45, 2.75) is 63.2 Å². The van der Waals surface area contributed by atoms with Gasteiger partial charge in [0.15, 0.2) is 0 Å². The van der Waals surface area contributed by atoms with Gasteiger partial charge in [0.1, 0.15) is 36.9 Å². The minimum absolute atomic E-state index is 0.241. The molecule has 2 fully saturated rings. The lowest BCUT2D eigenvalue weighted by Gasteiger charge is -2.24. The Hall–Kier alpha value is -0.480. The number of ether oxygens (including phenoxy) is 4. The summed E-state index contributed by atoms with van der Waals surface area (Å²) in [6.45, 7) is 15.8. The molecule has 0 bridgehead atoms. The molecule has 2 aliphatic heterocycles. The summed E-state index contributed by atoms with van der Waals surface area (Å²) in [7, 11) is 0. The van der Waals surface area contributed by atoms with E-state index in [1.807, 2.05) is 63.0 Å². The first-order chi connectivity index (χ1) is 26.0. The van der Waals surface area contributed by atoms with Crippen LogP contribution in [0.25, 0.3) is 11.1 Å². The van der Waals surface area contributed by atoms with Crippen molar-refractivity contribution in [3.05, 3.63) is 68.6 Å². The van der Waals surface area contributed by atoms with Gasteiger partial charge in [0, 0.05) is 94.3 Å². The minimum atomic E-state index is -0.441. The molecular weight excluding hydrogens is 929 g/mol. The third-order valence-corrected chi connectivity index (χ3v) is 18.9. The van der Waals surface area contributed by atoms with Crippen LogP contribution in [0.2, 0.25) is 0 Å². The minimum Gasteiger partial charge on any atom is -0.489 e. The molecule has 0 radical (unpaired) electrons. The first-order valence-corrected chi connectivity index (χ1v) is 26.4. The number of carbonyl (C=O) groups excluding carboxylic acids is 2. The van der Waals surface area contributed by atoms with Crippen molar-refractivity contribution in [2.75, 3.05) is 70.7 Å². The van der Waals surface area contributed by atoms with Gasteiger partial charge in [0.25, 0.3) is 0 Å². The first-order valence-electron chi connectivity index (χ1n) is 18.1. The van der Waals surface area contributed by atoms with E-state index in [4.69, 9.17) is 18.9 Å². The van der Waals surface area contributed by atoms with Crippen molar-refractivity contribution in [2.24, 2.45) is 0 Å². The molecule has 2 aliphatic rings. The van der Waals surface area contributed by atoms with Gasteiger partial charge in [-0.2, -0.15) is 70.6 Å². The molecule has 4 rings (SSSR count). The van der Waals surface area contributed by atoms with Crippen LogP contribution in [-0.4, -0.2) is 105 Å². The van der Waals surface area contributed by atoms with Gasteiger partial charge < -0.3 is 18.9 Å². The largest absolute Gasteiger partial charge is 0.489 e. The fourth-order valence-corrected chi connectivity index (χ4v) is 15.4. The monoisotopic (exact) mass is 978 g/mol. The predicted octanol–water partition coefficient (Wildman–Crippen LogP) is 11.0. The predicted molar refractivity (Wildman–Crippen MR) is 248 cm³/mol. The van der Waals surface area contributed by atoms with Gasteiger partial charge in [0.05, 0.1) is 0 Å². The number of carbonyl (C=O) groups is 2. The third-order valence-electron chi connectivity index (χ3n) is 8.80. The number of aryl methyl sites for hydroxylation is 2. The standard InChI is InChI=1S/C40H52Br2O6S6/c1-7-34(43)47-30(21-49-11-9-32-23-51-13-15-53-32)19-45-39-25(3)17-29(18-26(39)4)36-37(41)27(5)40(28(6)38(36)42)46-20-31(48-35(44)8-2)22-50-12-10-33-24-52-14-16-54-33/h7-8,17-18,30-33H,1-2,9-16,19-24H2,3-6H3. The highest BCUT2D eigenvalue weighted by Crippen LogP contribution is 2.46. The van der Waals surface area contributed by atoms with Crippen molar-refractivity contribution >= 4 is 114 Å². The topological polar surface area (TPSA) is 71.1 Å². The van der Waals surface area contributed by atoms with E-state index in [-0.39, 0.29) is 19.3 Å². The molecule has 0 saturated carbocycles. The Kier molecular flexibility index (Phi) is 20.9. The molecule has 0 N–H and O–H groups in total. The summed E-state index contributed by atoms with van der Waals surface area (Å²) < 4.78 is 26.0. The van der Waals surface area contributed by atoms with Gasteiger partial charge >= 0.3 is 11.9 Å². The number of rotatable bonds is 21. The summed E-state index contributed by atoms with van der Waals surface area (Å²) in [6.07, 6.45) is 3.95. The second-order valence-corrected chi connectivity index (χ2v) is 22.0. The molecule has 2 aromatic rings. The average molecular weight is 981 g/mol. The highest BCUT2D eigenvalue weighted by Gasteiger charge is 2.24. The zero-order chi connectivity index (χ0) is 39.0. The number of benzene rings is 2. The first kappa shape index (κ1) is 46.2. The fourth-order valence-electron chi connectivity index (χ4n) is 6.02. The molecule has 0 aromatic heterocycles. The molecule has 298 valence electrons. The number of esters is 2. The van der Waals surface area contributed by atoms with Crippen LogP contribution in [0.5, 0.6) is 11.5 Å². The van der Waals surface area contributed by atoms with E-state index >= 15 is 0 Å². The van der Waals surface area contributed by atoms with E-state index in [1.54, 1.807) is 11.8 Å². The summed E-state index contributed by atoms with van der Waals surface area (Å²) in [4.78, 5) is 24.4. The van der Waals surface area contributed by atoms with Crippen LogP contribution in [0.4, 0.5) is 0 Å². The second kappa shape index (κ2) is 24.4. The Balaban J connectivity index is 1.42. The lowest BCUT2D eigenvalue weighted by Crippen LogP contribution is -2.27. The number of thioether (sulfide) groups is 6. The van der Waals surface area contributed by atoms with E-state index in [0.717, 1.165) is 78.2 Å². The normalized spacial score (nSPS) is 18.3. The maximum absolute atomic E-state index is 12.2. The van der Waals surface area contributed by atoms with E-state index in [9.17, 15) is 9.59 Å². The molecule has 6 nitrogen and oxygen atoms in total. The van der Waals surface area contributed by atoms with Crippen molar-refractivity contribution in [1.82, 2.24) is 0 Å². The van der Waals surface area contributed by atoms with Crippen LogP contribution in [0.15, 0.2) is 46.4 Å². The van der Waals surface area contributed by atoms with Crippen LogP contribution in [0, 0.1) is 27.7 Å². The molecule has 0 spiro atoms. The summed E-state index contributed by atoms with van der Waals surface area (Å²) in [5.74, 6) is 11.4. The average Bonchev–Trinajstić information content (AvgIpc) is 3.17.